The van der Waals surface area contributed by atoms with Crippen molar-refractivity contribution in [3.05, 3.63) is 70.4 Å². The quantitative estimate of drug-likeness (QED) is 0.462. The van der Waals surface area contributed by atoms with Crippen LogP contribution >= 0.6 is 24.0 Å². The first-order valence-corrected chi connectivity index (χ1v) is 8.44. The van der Waals surface area contributed by atoms with Crippen LogP contribution in [0, 0.1) is 5.82 Å². The van der Waals surface area contributed by atoms with Crippen molar-refractivity contribution in [3.63, 3.8) is 0 Å². The Hall–Kier alpha value is -2.51. The number of anilines is 1. The molecule has 0 aromatic heterocycles. The van der Waals surface area contributed by atoms with Gasteiger partial charge in [-0.3, -0.25) is 9.69 Å². The number of esters is 1. The molecule has 126 valence electrons. The first-order chi connectivity index (χ1) is 12.0. The Morgan fingerprint density at radius 2 is 1.80 bits per heavy atom. The molecular formula is C18H12FNO3S2. The van der Waals surface area contributed by atoms with Crippen molar-refractivity contribution in [1.82, 2.24) is 0 Å². The first-order valence-electron chi connectivity index (χ1n) is 7.21. The van der Waals surface area contributed by atoms with Gasteiger partial charge < -0.3 is 4.74 Å². The van der Waals surface area contributed by atoms with Crippen molar-refractivity contribution in [3.8, 4) is 0 Å². The van der Waals surface area contributed by atoms with E-state index < -0.39 is 5.97 Å². The molecule has 0 unspecified atom stereocenters. The Balaban J connectivity index is 1.85. The van der Waals surface area contributed by atoms with Crippen molar-refractivity contribution in [2.24, 2.45) is 0 Å². The van der Waals surface area contributed by atoms with E-state index in [2.05, 4.69) is 4.74 Å². The lowest BCUT2D eigenvalue weighted by Gasteiger charge is -2.14. The van der Waals surface area contributed by atoms with Crippen LogP contribution in [0.5, 0.6) is 0 Å². The maximum Gasteiger partial charge on any atom is 0.337 e. The van der Waals surface area contributed by atoms with E-state index in [0.29, 0.717) is 20.5 Å². The summed E-state index contributed by atoms with van der Waals surface area (Å²) >= 11 is 6.44. The average Bonchev–Trinajstić information content (AvgIpc) is 2.89. The zero-order chi connectivity index (χ0) is 18.0. The second-order valence-electron chi connectivity index (χ2n) is 5.11. The van der Waals surface area contributed by atoms with Crippen molar-refractivity contribution in [2.75, 3.05) is 12.0 Å². The molecule has 2 aromatic carbocycles. The maximum absolute atomic E-state index is 13.1. The van der Waals surface area contributed by atoms with Gasteiger partial charge in [-0.25, -0.2) is 9.18 Å². The second kappa shape index (κ2) is 7.16. The molecule has 1 aliphatic heterocycles. The molecule has 0 bridgehead atoms. The van der Waals surface area contributed by atoms with E-state index in [0.717, 1.165) is 5.56 Å². The molecular weight excluding hydrogens is 361 g/mol. The SMILES string of the molecule is COC(=O)c1ccc(C=C2SC(=S)N(c3ccc(F)cc3)C2=O)cc1. The number of carbonyl (C=O) groups excluding carboxylic acids is 2. The van der Waals surface area contributed by atoms with Gasteiger partial charge in [-0.2, -0.15) is 0 Å². The van der Waals surface area contributed by atoms with Crippen LogP contribution in [0.4, 0.5) is 10.1 Å². The highest BCUT2D eigenvalue weighted by Crippen LogP contribution is 2.36. The summed E-state index contributed by atoms with van der Waals surface area (Å²) in [6.07, 6.45) is 1.70. The lowest BCUT2D eigenvalue weighted by molar-refractivity contribution is -0.113. The molecule has 2 aromatic rings. The van der Waals surface area contributed by atoms with Gasteiger partial charge in [0.05, 0.1) is 23.3 Å². The number of ether oxygens (including phenoxy) is 1. The molecule has 25 heavy (non-hydrogen) atoms. The van der Waals surface area contributed by atoms with E-state index in [1.165, 1.54) is 48.0 Å². The Labute approximate surface area is 153 Å². The average molecular weight is 373 g/mol. The molecule has 0 atom stereocenters. The van der Waals surface area contributed by atoms with E-state index in [1.807, 2.05) is 0 Å². The minimum Gasteiger partial charge on any atom is -0.465 e. The van der Waals surface area contributed by atoms with E-state index >= 15 is 0 Å². The minimum absolute atomic E-state index is 0.265. The van der Waals surface area contributed by atoms with Crippen LogP contribution in [-0.4, -0.2) is 23.3 Å². The summed E-state index contributed by atoms with van der Waals surface area (Å²) in [6.45, 7) is 0. The highest BCUT2D eigenvalue weighted by molar-refractivity contribution is 8.27. The third-order valence-electron chi connectivity index (χ3n) is 3.51. The third kappa shape index (κ3) is 3.62. The Morgan fingerprint density at radius 3 is 2.40 bits per heavy atom. The molecule has 4 nitrogen and oxygen atoms in total. The Bertz CT molecular complexity index is 876. The van der Waals surface area contributed by atoms with Crippen molar-refractivity contribution >= 4 is 51.9 Å². The summed E-state index contributed by atoms with van der Waals surface area (Å²) < 4.78 is 18.1. The lowest BCUT2D eigenvalue weighted by Crippen LogP contribution is -2.27. The number of nitrogens with zero attached hydrogens (tertiary/aromatic N) is 1. The molecule has 1 heterocycles. The normalized spacial score (nSPS) is 15.8. The summed E-state index contributed by atoms with van der Waals surface area (Å²) in [5.74, 6) is -1.07. The minimum atomic E-state index is -0.422. The number of carbonyl (C=O) groups is 2. The largest absolute Gasteiger partial charge is 0.465 e. The summed E-state index contributed by atoms with van der Waals surface area (Å²) in [6, 6.07) is 12.3. The standard InChI is InChI=1S/C18H12FNO3S2/c1-23-17(22)12-4-2-11(3-5-12)10-15-16(21)20(18(24)25-15)14-8-6-13(19)7-9-14/h2-10H,1H3. The summed E-state index contributed by atoms with van der Waals surface area (Å²) in [5, 5.41) is 0. The van der Waals surface area contributed by atoms with Gasteiger partial charge in [-0.1, -0.05) is 36.1 Å². The second-order valence-corrected chi connectivity index (χ2v) is 6.78. The number of rotatable bonds is 3. The van der Waals surface area contributed by atoms with E-state index in [9.17, 15) is 14.0 Å². The fourth-order valence-corrected chi connectivity index (χ4v) is 3.56. The molecule has 3 rings (SSSR count). The zero-order valence-electron chi connectivity index (χ0n) is 13.1. The van der Waals surface area contributed by atoms with Crippen molar-refractivity contribution in [2.45, 2.75) is 0 Å². The monoisotopic (exact) mass is 373 g/mol. The molecule has 1 amide bonds. The Morgan fingerprint density at radius 1 is 1.16 bits per heavy atom. The number of methoxy groups -OCH3 is 1. The number of halogens is 1. The van der Waals surface area contributed by atoms with Crippen LogP contribution < -0.4 is 4.90 Å². The summed E-state index contributed by atoms with van der Waals surface area (Å²) in [5.41, 5.74) is 1.71. The van der Waals surface area contributed by atoms with E-state index in [-0.39, 0.29) is 11.7 Å². The Kier molecular flexibility index (Phi) is 4.96. The highest BCUT2D eigenvalue weighted by atomic mass is 32.2. The maximum atomic E-state index is 13.1. The molecule has 1 saturated heterocycles. The number of thiocarbonyl (C=S) groups is 1. The number of benzene rings is 2. The highest BCUT2D eigenvalue weighted by Gasteiger charge is 2.33. The fraction of sp³-hybridized carbons (Fsp3) is 0.0556. The van der Waals surface area contributed by atoms with Gasteiger partial charge in [0.1, 0.15) is 5.82 Å². The molecule has 7 heteroatoms. The summed E-state index contributed by atoms with van der Waals surface area (Å²) in [4.78, 5) is 25.9. The number of thioether (sulfide) groups is 1. The molecule has 0 saturated carbocycles. The topological polar surface area (TPSA) is 46.6 Å². The molecule has 0 radical (unpaired) electrons. The lowest BCUT2D eigenvalue weighted by atomic mass is 10.1. The molecule has 0 N–H and O–H groups in total. The van der Waals surface area contributed by atoms with Crippen LogP contribution in [0.25, 0.3) is 6.08 Å². The zero-order valence-corrected chi connectivity index (χ0v) is 14.7. The van der Waals surface area contributed by atoms with Crippen LogP contribution in [0.3, 0.4) is 0 Å². The third-order valence-corrected chi connectivity index (χ3v) is 4.81. The van der Waals surface area contributed by atoms with Crippen LogP contribution in [0.2, 0.25) is 0 Å². The number of hydrogen-bond acceptors (Lipinski definition) is 5. The number of hydrogen-bond donors (Lipinski definition) is 0. The molecule has 0 aliphatic carbocycles. The molecule has 0 spiro atoms. The smallest absolute Gasteiger partial charge is 0.337 e. The summed E-state index contributed by atoms with van der Waals surface area (Å²) in [7, 11) is 1.32. The molecule has 1 fully saturated rings. The van der Waals surface area contributed by atoms with Gasteiger partial charge >= 0.3 is 5.97 Å². The van der Waals surface area contributed by atoms with Gasteiger partial charge in [-0.15, -0.1) is 0 Å². The van der Waals surface area contributed by atoms with Crippen LogP contribution in [0.15, 0.2) is 53.4 Å². The number of amides is 1. The van der Waals surface area contributed by atoms with Crippen molar-refractivity contribution < 1.29 is 18.7 Å². The van der Waals surface area contributed by atoms with Crippen molar-refractivity contribution in [1.29, 1.82) is 0 Å². The van der Waals surface area contributed by atoms with Gasteiger partial charge in [0, 0.05) is 0 Å². The van der Waals surface area contributed by atoms with Crippen LogP contribution in [-0.2, 0) is 9.53 Å². The predicted octanol–water partition coefficient (Wildman–Crippen LogP) is 4.02. The fourth-order valence-electron chi connectivity index (χ4n) is 2.27. The predicted molar refractivity (Wildman–Crippen MR) is 99.8 cm³/mol. The van der Waals surface area contributed by atoms with Gasteiger partial charge in [0.2, 0.25) is 0 Å². The van der Waals surface area contributed by atoms with E-state index in [1.54, 1.807) is 30.3 Å². The first kappa shape index (κ1) is 17.3. The van der Waals surface area contributed by atoms with Gasteiger partial charge in [0.25, 0.3) is 5.91 Å². The van der Waals surface area contributed by atoms with Gasteiger partial charge in [0.15, 0.2) is 4.32 Å². The van der Waals surface area contributed by atoms with Crippen LogP contribution in [0.1, 0.15) is 15.9 Å². The van der Waals surface area contributed by atoms with E-state index in [4.69, 9.17) is 12.2 Å². The van der Waals surface area contributed by atoms with Gasteiger partial charge in [-0.05, 0) is 48.0 Å². The molecule has 1 aliphatic rings.